The van der Waals surface area contributed by atoms with Gasteiger partial charge in [0.2, 0.25) is 11.8 Å². The molecular weight excluding hydrogens is 456 g/mol. The number of unbranched alkanes of at least 4 members (excludes halogenated alkanes) is 1. The van der Waals surface area contributed by atoms with Crippen LogP contribution in [0.1, 0.15) is 35.7 Å². The highest BCUT2D eigenvalue weighted by Gasteiger charge is 2.63. The van der Waals surface area contributed by atoms with E-state index in [9.17, 15) is 14.4 Å². The Morgan fingerprint density at radius 2 is 1.77 bits per heavy atom. The second kappa shape index (κ2) is 7.75. The van der Waals surface area contributed by atoms with Crippen LogP contribution in [0.3, 0.4) is 0 Å². The van der Waals surface area contributed by atoms with Crippen molar-refractivity contribution in [3.63, 3.8) is 0 Å². The van der Waals surface area contributed by atoms with Crippen molar-refractivity contribution in [2.24, 2.45) is 11.8 Å². The molecule has 2 aromatic carbocycles. The van der Waals surface area contributed by atoms with Crippen LogP contribution in [0, 0.1) is 11.8 Å². The first kappa shape index (κ1) is 20.2. The average molecular weight is 479 g/mol. The van der Waals surface area contributed by atoms with Crippen LogP contribution in [-0.4, -0.2) is 41.1 Å². The van der Waals surface area contributed by atoms with Crippen LogP contribution >= 0.6 is 15.9 Å². The lowest BCUT2D eigenvalue weighted by Crippen LogP contribution is -2.48. The summed E-state index contributed by atoms with van der Waals surface area (Å²) in [6, 6.07) is 14.0. The van der Waals surface area contributed by atoms with E-state index in [1.165, 1.54) is 4.90 Å². The summed E-state index contributed by atoms with van der Waals surface area (Å²) in [6.45, 7) is 2.46. The fraction of sp³-hybridized carbons (Fsp3) is 0.320. The van der Waals surface area contributed by atoms with E-state index in [2.05, 4.69) is 15.9 Å². The number of fused-ring (bicyclic) bond motifs is 5. The normalized spacial score (nSPS) is 26.1. The number of anilines is 1. The van der Waals surface area contributed by atoms with Gasteiger partial charge in [-0.3, -0.25) is 19.3 Å². The van der Waals surface area contributed by atoms with E-state index < -0.39 is 17.9 Å². The quantitative estimate of drug-likeness (QED) is 0.474. The molecule has 2 amide bonds. The molecule has 3 heterocycles. The molecule has 3 aliphatic rings. The minimum Gasteiger partial charge on any atom is -0.352 e. The summed E-state index contributed by atoms with van der Waals surface area (Å²) in [7, 11) is 0. The first-order valence-electron chi connectivity index (χ1n) is 10.7. The van der Waals surface area contributed by atoms with E-state index in [1.807, 2.05) is 60.4 Å². The molecule has 3 aliphatic heterocycles. The molecule has 158 valence electrons. The van der Waals surface area contributed by atoms with Crippen LogP contribution in [0.2, 0.25) is 0 Å². The van der Waals surface area contributed by atoms with Crippen molar-refractivity contribution in [3.8, 4) is 0 Å². The van der Waals surface area contributed by atoms with Gasteiger partial charge in [0, 0.05) is 22.3 Å². The minimum absolute atomic E-state index is 0.110. The van der Waals surface area contributed by atoms with Crippen molar-refractivity contribution < 1.29 is 14.4 Å². The Bertz CT molecular complexity index is 1100. The molecule has 0 unspecified atom stereocenters. The van der Waals surface area contributed by atoms with Gasteiger partial charge in [-0.15, -0.1) is 0 Å². The molecule has 0 saturated carbocycles. The lowest BCUT2D eigenvalue weighted by Gasteiger charge is -2.36. The lowest BCUT2D eigenvalue weighted by molar-refractivity contribution is -0.140. The molecule has 2 aromatic rings. The highest BCUT2D eigenvalue weighted by molar-refractivity contribution is 9.10. The summed E-state index contributed by atoms with van der Waals surface area (Å²) >= 11 is 3.51. The Morgan fingerprint density at radius 3 is 2.52 bits per heavy atom. The minimum atomic E-state index is -0.703. The summed E-state index contributed by atoms with van der Waals surface area (Å²) < 4.78 is 0.942. The fourth-order valence-electron chi connectivity index (χ4n) is 5.22. The van der Waals surface area contributed by atoms with E-state index in [4.69, 9.17) is 0 Å². The van der Waals surface area contributed by atoms with Crippen molar-refractivity contribution in [1.82, 2.24) is 4.90 Å². The predicted molar refractivity (Wildman–Crippen MR) is 123 cm³/mol. The van der Waals surface area contributed by atoms with E-state index in [0.29, 0.717) is 12.1 Å². The number of imide groups is 1. The van der Waals surface area contributed by atoms with Gasteiger partial charge in [-0.25, -0.2) is 0 Å². The zero-order valence-electron chi connectivity index (χ0n) is 17.2. The zero-order chi connectivity index (χ0) is 21.7. The number of carbonyl (C=O) groups is 3. The lowest BCUT2D eigenvalue weighted by atomic mass is 9.86. The van der Waals surface area contributed by atoms with Gasteiger partial charge in [-0.1, -0.05) is 71.8 Å². The number of Topliss-reactive ketones (excluding diaryl/α,β-unsaturated/α-hetero) is 1. The zero-order valence-corrected chi connectivity index (χ0v) is 18.8. The van der Waals surface area contributed by atoms with Gasteiger partial charge < -0.3 is 4.90 Å². The van der Waals surface area contributed by atoms with E-state index in [0.717, 1.165) is 28.6 Å². The van der Waals surface area contributed by atoms with Crippen LogP contribution in [0.4, 0.5) is 5.69 Å². The number of amides is 2. The largest absolute Gasteiger partial charge is 0.352 e. The van der Waals surface area contributed by atoms with Crippen molar-refractivity contribution in [3.05, 3.63) is 70.2 Å². The van der Waals surface area contributed by atoms with Gasteiger partial charge >= 0.3 is 0 Å². The van der Waals surface area contributed by atoms with Gasteiger partial charge in [0.15, 0.2) is 5.78 Å². The number of nitrogens with zero attached hydrogens (tertiary/aromatic N) is 2. The standard InChI is InChI=1S/C25H23BrN2O3/c1-2-3-13-27-24(30)20-19-11-9-16-14-17(26)10-12-18(16)28(19)22(21(20)25(27)31)23(29)15-7-5-4-6-8-15/h4-12,14,19-22H,2-3,13H2,1H3/t19-,20+,21-,22-/m1/s1. The fourth-order valence-corrected chi connectivity index (χ4v) is 5.59. The number of ketones is 1. The van der Waals surface area contributed by atoms with Crippen molar-refractivity contribution in [2.45, 2.75) is 31.8 Å². The Kier molecular flexibility index (Phi) is 5.05. The molecule has 0 aromatic heterocycles. The van der Waals surface area contributed by atoms with Gasteiger partial charge in [0.05, 0.1) is 17.9 Å². The molecule has 2 fully saturated rings. The maximum absolute atomic E-state index is 13.7. The van der Waals surface area contributed by atoms with Crippen LogP contribution in [-0.2, 0) is 9.59 Å². The van der Waals surface area contributed by atoms with Crippen LogP contribution in [0.5, 0.6) is 0 Å². The molecule has 0 radical (unpaired) electrons. The predicted octanol–water partition coefficient (Wildman–Crippen LogP) is 4.32. The van der Waals surface area contributed by atoms with Gasteiger partial charge in [0.25, 0.3) is 0 Å². The molecule has 0 aliphatic carbocycles. The number of halogens is 1. The summed E-state index contributed by atoms with van der Waals surface area (Å²) in [4.78, 5) is 44.0. The topological polar surface area (TPSA) is 57.7 Å². The number of rotatable bonds is 5. The Labute approximate surface area is 189 Å². The number of benzene rings is 2. The second-order valence-electron chi connectivity index (χ2n) is 8.37. The first-order valence-corrected chi connectivity index (χ1v) is 11.5. The molecule has 0 N–H and O–H groups in total. The van der Waals surface area contributed by atoms with E-state index in [-0.39, 0.29) is 23.6 Å². The second-order valence-corrected chi connectivity index (χ2v) is 9.28. The van der Waals surface area contributed by atoms with Gasteiger partial charge in [0.1, 0.15) is 6.04 Å². The summed E-state index contributed by atoms with van der Waals surface area (Å²) in [6.07, 6.45) is 5.66. The molecular formula is C25H23BrN2O3. The third kappa shape index (κ3) is 3.07. The molecule has 31 heavy (non-hydrogen) atoms. The van der Waals surface area contributed by atoms with Crippen molar-refractivity contribution >= 4 is 45.3 Å². The molecule has 4 atom stereocenters. The third-order valence-corrected chi connectivity index (χ3v) is 7.11. The van der Waals surface area contributed by atoms with Gasteiger partial charge in [-0.2, -0.15) is 0 Å². The van der Waals surface area contributed by atoms with Crippen LogP contribution in [0.15, 0.2) is 59.1 Å². The molecule has 0 bridgehead atoms. The SMILES string of the molecule is CCCCN1C(=O)[C@@H]2[C@@H](C1=O)[C@H](C(=O)c1ccccc1)N1c3ccc(Br)cc3C=C[C@H]21. The molecule has 6 heteroatoms. The van der Waals surface area contributed by atoms with Crippen LogP contribution < -0.4 is 4.90 Å². The first-order chi connectivity index (χ1) is 15.0. The Balaban J connectivity index is 1.63. The van der Waals surface area contributed by atoms with Gasteiger partial charge in [-0.05, 0) is 30.2 Å². The average Bonchev–Trinajstić information content (AvgIpc) is 3.25. The maximum atomic E-state index is 13.7. The maximum Gasteiger partial charge on any atom is 0.235 e. The van der Waals surface area contributed by atoms with Crippen LogP contribution in [0.25, 0.3) is 6.08 Å². The monoisotopic (exact) mass is 478 g/mol. The summed E-state index contributed by atoms with van der Waals surface area (Å²) in [5.74, 6) is -1.66. The highest BCUT2D eigenvalue weighted by atomic mass is 79.9. The number of likely N-dealkylation sites (tertiary alicyclic amines) is 1. The number of carbonyl (C=O) groups excluding carboxylic acids is 3. The Hall–Kier alpha value is -2.73. The number of hydrogen-bond donors (Lipinski definition) is 0. The van der Waals surface area contributed by atoms with Crippen molar-refractivity contribution in [2.75, 3.05) is 11.4 Å². The highest BCUT2D eigenvalue weighted by Crippen LogP contribution is 2.49. The Morgan fingerprint density at radius 1 is 1.03 bits per heavy atom. The van der Waals surface area contributed by atoms with Crippen molar-refractivity contribution in [1.29, 1.82) is 0 Å². The van der Waals surface area contributed by atoms with E-state index in [1.54, 1.807) is 12.1 Å². The molecule has 2 saturated heterocycles. The molecule has 0 spiro atoms. The molecule has 5 nitrogen and oxygen atoms in total. The number of hydrogen-bond acceptors (Lipinski definition) is 4. The molecule has 5 rings (SSSR count). The summed E-state index contributed by atoms with van der Waals surface area (Å²) in [5, 5.41) is 0. The smallest absolute Gasteiger partial charge is 0.235 e. The summed E-state index contributed by atoms with van der Waals surface area (Å²) in [5.41, 5.74) is 2.42. The van der Waals surface area contributed by atoms with E-state index >= 15 is 0 Å². The third-order valence-electron chi connectivity index (χ3n) is 6.62.